The largest absolute Gasteiger partial charge is 0.456 e. The molecule has 1 rings (SSSR count). The van der Waals surface area contributed by atoms with Crippen LogP contribution in [-0.2, 0) is 15.7 Å². The van der Waals surface area contributed by atoms with Gasteiger partial charge < -0.3 is 4.74 Å². The Morgan fingerprint density at radius 3 is 2.38 bits per heavy atom. The molecule has 16 heavy (non-hydrogen) atoms. The van der Waals surface area contributed by atoms with Crippen molar-refractivity contribution in [3.63, 3.8) is 0 Å². The van der Waals surface area contributed by atoms with Crippen LogP contribution in [0, 0.1) is 0 Å². The number of benzene rings is 1. The number of hydrogen-bond acceptors (Lipinski definition) is 3. The van der Waals surface area contributed by atoms with Gasteiger partial charge in [0, 0.05) is 10.6 Å². The third-order valence-electron chi connectivity index (χ3n) is 1.69. The summed E-state index contributed by atoms with van der Waals surface area (Å²) in [5.74, 6) is 0.487. The molecule has 1 radical (unpaired) electrons. The lowest BCUT2D eigenvalue weighted by molar-refractivity contribution is -0.137. The van der Waals surface area contributed by atoms with Gasteiger partial charge in [-0.05, 0) is 24.3 Å². The fourth-order valence-corrected chi connectivity index (χ4v) is 1.71. The minimum Gasteiger partial charge on any atom is -0.456 e. The van der Waals surface area contributed by atoms with Gasteiger partial charge in [0.25, 0.3) is 0 Å². The molecule has 0 aliphatic heterocycles. The first kappa shape index (κ1) is 12.9. The lowest BCUT2D eigenvalue weighted by atomic mass is 10.2. The Bertz CT molecular complexity index is 335. The Balaban J connectivity index is 2.48. The molecule has 2 nitrogen and oxygen atoms in total. The number of thioether (sulfide) groups is 1. The van der Waals surface area contributed by atoms with Gasteiger partial charge >= 0.3 is 12.6 Å². The van der Waals surface area contributed by atoms with Crippen molar-refractivity contribution in [2.24, 2.45) is 0 Å². The molecule has 6 heteroatoms. The van der Waals surface area contributed by atoms with Gasteiger partial charge in [-0.3, -0.25) is 0 Å². The van der Waals surface area contributed by atoms with Crippen LogP contribution in [0.4, 0.5) is 13.2 Å². The minimum absolute atomic E-state index is 0.190. The SMILES string of the molecule is O=[C]OCCSc1ccc(C(F)(F)F)cc1. The van der Waals surface area contributed by atoms with E-state index in [2.05, 4.69) is 4.74 Å². The second kappa shape index (κ2) is 5.79. The van der Waals surface area contributed by atoms with Gasteiger partial charge in [0.05, 0.1) is 5.56 Å². The number of rotatable bonds is 5. The summed E-state index contributed by atoms with van der Waals surface area (Å²) >= 11 is 1.31. The van der Waals surface area contributed by atoms with Crippen LogP contribution in [0.15, 0.2) is 29.2 Å². The van der Waals surface area contributed by atoms with Crippen LogP contribution in [0.5, 0.6) is 0 Å². The summed E-state index contributed by atoms with van der Waals surface area (Å²) in [4.78, 5) is 10.4. The summed E-state index contributed by atoms with van der Waals surface area (Å²) in [5, 5.41) is 0. The Morgan fingerprint density at radius 2 is 1.88 bits per heavy atom. The first-order valence-corrected chi connectivity index (χ1v) is 5.31. The number of hydrogen-bond donors (Lipinski definition) is 0. The summed E-state index contributed by atoms with van der Waals surface area (Å²) < 4.78 is 40.9. The van der Waals surface area contributed by atoms with Gasteiger partial charge in [0.1, 0.15) is 6.61 Å². The van der Waals surface area contributed by atoms with E-state index in [1.165, 1.54) is 30.4 Å². The van der Waals surface area contributed by atoms with Crippen LogP contribution < -0.4 is 0 Å². The Labute approximate surface area is 94.8 Å². The number of alkyl halides is 3. The van der Waals surface area contributed by atoms with Crippen molar-refractivity contribution in [3.8, 4) is 0 Å². The number of ether oxygens (including phenoxy) is 1. The van der Waals surface area contributed by atoms with Gasteiger partial charge in [-0.2, -0.15) is 13.2 Å². The van der Waals surface area contributed by atoms with Crippen molar-refractivity contribution in [3.05, 3.63) is 29.8 Å². The molecular formula is C10H8F3O2S. The van der Waals surface area contributed by atoms with Crippen LogP contribution >= 0.6 is 11.8 Å². The number of halogens is 3. The molecule has 0 saturated carbocycles. The van der Waals surface area contributed by atoms with Crippen LogP contribution in [-0.4, -0.2) is 18.8 Å². The molecule has 0 unspecified atom stereocenters. The maximum Gasteiger partial charge on any atom is 0.417 e. The second-order valence-electron chi connectivity index (χ2n) is 2.80. The fraction of sp³-hybridized carbons (Fsp3) is 0.300. The highest BCUT2D eigenvalue weighted by Crippen LogP contribution is 2.30. The van der Waals surface area contributed by atoms with E-state index in [0.29, 0.717) is 10.6 Å². The zero-order valence-corrected chi connectivity index (χ0v) is 8.90. The summed E-state index contributed by atoms with van der Waals surface area (Å²) in [5.41, 5.74) is -0.672. The molecule has 0 aliphatic rings. The maximum atomic E-state index is 12.2. The van der Waals surface area contributed by atoms with E-state index in [4.69, 9.17) is 0 Å². The van der Waals surface area contributed by atoms with E-state index in [1.54, 1.807) is 0 Å². The highest BCUT2D eigenvalue weighted by Gasteiger charge is 2.29. The van der Waals surface area contributed by atoms with Crippen molar-refractivity contribution in [1.82, 2.24) is 0 Å². The molecule has 0 amide bonds. The predicted molar refractivity (Wildman–Crippen MR) is 53.8 cm³/mol. The number of carbonyl (C=O) groups excluding carboxylic acids is 1. The van der Waals surface area contributed by atoms with Crippen LogP contribution in [0.2, 0.25) is 0 Å². The summed E-state index contributed by atoms with van der Waals surface area (Å²) in [6.45, 7) is 1.46. The zero-order valence-electron chi connectivity index (χ0n) is 8.08. The fourth-order valence-electron chi connectivity index (χ4n) is 0.983. The molecule has 87 valence electrons. The topological polar surface area (TPSA) is 26.3 Å². The lowest BCUT2D eigenvalue weighted by Crippen LogP contribution is -2.04. The van der Waals surface area contributed by atoms with Gasteiger partial charge in [0.15, 0.2) is 0 Å². The molecule has 0 saturated heterocycles. The lowest BCUT2D eigenvalue weighted by Gasteiger charge is -2.07. The highest BCUT2D eigenvalue weighted by molar-refractivity contribution is 7.99. The second-order valence-corrected chi connectivity index (χ2v) is 3.97. The van der Waals surface area contributed by atoms with Crippen molar-refractivity contribution >= 4 is 18.2 Å². The Morgan fingerprint density at radius 1 is 1.25 bits per heavy atom. The molecule has 0 atom stereocenters. The smallest absolute Gasteiger partial charge is 0.417 e. The predicted octanol–water partition coefficient (Wildman–Crippen LogP) is 2.88. The van der Waals surface area contributed by atoms with Crippen molar-refractivity contribution in [2.45, 2.75) is 11.1 Å². The molecule has 1 aromatic rings. The Kier molecular flexibility index (Phi) is 4.67. The molecule has 0 aliphatic carbocycles. The summed E-state index contributed by atoms with van der Waals surface area (Å²) in [6, 6.07) is 4.82. The third kappa shape index (κ3) is 4.14. The molecule has 0 spiro atoms. The van der Waals surface area contributed by atoms with Gasteiger partial charge in [-0.1, -0.05) is 0 Å². The molecule has 0 aromatic heterocycles. The van der Waals surface area contributed by atoms with Crippen molar-refractivity contribution < 1.29 is 22.7 Å². The van der Waals surface area contributed by atoms with Crippen molar-refractivity contribution in [2.75, 3.05) is 12.4 Å². The minimum atomic E-state index is -4.31. The van der Waals surface area contributed by atoms with Crippen LogP contribution in [0.25, 0.3) is 0 Å². The zero-order chi connectivity index (χ0) is 12.0. The maximum absolute atomic E-state index is 12.2. The van der Waals surface area contributed by atoms with Gasteiger partial charge in [-0.15, -0.1) is 11.8 Å². The van der Waals surface area contributed by atoms with E-state index in [-0.39, 0.29) is 6.61 Å². The van der Waals surface area contributed by atoms with Gasteiger partial charge in [-0.25, -0.2) is 4.79 Å². The normalized spacial score (nSPS) is 11.2. The highest BCUT2D eigenvalue weighted by atomic mass is 32.2. The summed E-state index contributed by atoms with van der Waals surface area (Å²) in [7, 11) is 0. The molecule has 0 heterocycles. The molecular weight excluding hydrogens is 241 g/mol. The quantitative estimate of drug-likeness (QED) is 0.593. The first-order valence-electron chi connectivity index (χ1n) is 4.33. The van der Waals surface area contributed by atoms with Crippen LogP contribution in [0.3, 0.4) is 0 Å². The third-order valence-corrected chi connectivity index (χ3v) is 2.67. The van der Waals surface area contributed by atoms with E-state index in [0.717, 1.165) is 12.1 Å². The van der Waals surface area contributed by atoms with Gasteiger partial charge in [0.2, 0.25) is 0 Å². The molecule has 0 N–H and O–H groups in total. The molecule has 0 bridgehead atoms. The standard InChI is InChI=1S/C10H8F3O2S/c11-10(12,13)8-1-3-9(4-2-8)16-6-5-15-7-14/h1-4H,5-6H2. The average molecular weight is 249 g/mol. The molecule has 0 fully saturated rings. The average Bonchev–Trinajstić information content (AvgIpc) is 2.24. The Hall–Kier alpha value is -1.17. The van der Waals surface area contributed by atoms with Crippen molar-refractivity contribution in [1.29, 1.82) is 0 Å². The van der Waals surface area contributed by atoms with E-state index in [1.807, 2.05) is 0 Å². The molecule has 1 aromatic carbocycles. The monoisotopic (exact) mass is 249 g/mol. The van der Waals surface area contributed by atoms with E-state index < -0.39 is 11.7 Å². The first-order chi connectivity index (χ1) is 7.54. The van der Waals surface area contributed by atoms with E-state index >= 15 is 0 Å². The van der Waals surface area contributed by atoms with Crippen LogP contribution in [0.1, 0.15) is 5.56 Å². The van der Waals surface area contributed by atoms with E-state index in [9.17, 15) is 18.0 Å². The summed E-state index contributed by atoms with van der Waals surface area (Å²) in [6.07, 6.45) is -4.31.